The van der Waals surface area contributed by atoms with E-state index in [-0.39, 0.29) is 0 Å². The first-order valence-corrected chi connectivity index (χ1v) is 27.3. The fourth-order valence-electron chi connectivity index (χ4n) is 11.8. The summed E-state index contributed by atoms with van der Waals surface area (Å²) in [6, 6.07) is 69.4. The predicted molar refractivity (Wildman–Crippen MR) is 328 cm³/mol. The molecule has 0 nitrogen and oxygen atoms in total. The Kier molecular flexibility index (Phi) is 14.6. The molecule has 0 aromatic heterocycles. The minimum absolute atomic E-state index is 0.360. The van der Waals surface area contributed by atoms with Gasteiger partial charge in [-0.1, -0.05) is 257 Å². The van der Waals surface area contributed by atoms with E-state index in [0.29, 0.717) is 11.8 Å². The molecule has 0 heteroatoms. The van der Waals surface area contributed by atoms with Gasteiger partial charge in [-0.25, -0.2) is 0 Å². The molecule has 0 saturated heterocycles. The van der Waals surface area contributed by atoms with Crippen LogP contribution in [0.25, 0.3) is 77.0 Å². The lowest BCUT2D eigenvalue weighted by Gasteiger charge is -2.30. The maximum absolute atomic E-state index is 4.87. The van der Waals surface area contributed by atoms with E-state index in [1.54, 1.807) is 0 Å². The molecule has 0 bridgehead atoms. The van der Waals surface area contributed by atoms with E-state index in [1.807, 2.05) is 0 Å². The highest BCUT2D eigenvalue weighted by atomic mass is 14.3. The van der Waals surface area contributed by atoms with Crippen LogP contribution >= 0.6 is 0 Å². The van der Waals surface area contributed by atoms with E-state index in [2.05, 4.69) is 270 Å². The predicted octanol–water partition coefficient (Wildman–Crippen LogP) is 20.9. The average Bonchev–Trinajstić information content (AvgIpc) is 3.49. The lowest BCUT2D eigenvalue weighted by Crippen LogP contribution is -2.16. The second-order valence-corrected chi connectivity index (χ2v) is 20.4. The van der Waals surface area contributed by atoms with Crippen molar-refractivity contribution in [1.29, 1.82) is 0 Å². The van der Waals surface area contributed by atoms with Crippen molar-refractivity contribution >= 4 is 65.9 Å². The smallest absolute Gasteiger partial charge is 0.00264 e. The van der Waals surface area contributed by atoms with Gasteiger partial charge >= 0.3 is 0 Å². The van der Waals surface area contributed by atoms with E-state index in [1.165, 1.54) is 121 Å². The summed E-state index contributed by atoms with van der Waals surface area (Å²) < 4.78 is 0. The number of benzene rings is 9. The van der Waals surface area contributed by atoms with E-state index in [9.17, 15) is 0 Å². The molecule has 0 amide bonds. The molecule has 2 aliphatic carbocycles. The molecular formula is C75H66. The van der Waals surface area contributed by atoms with Gasteiger partial charge in [-0.2, -0.15) is 0 Å². The van der Waals surface area contributed by atoms with E-state index >= 15 is 0 Å². The van der Waals surface area contributed by atoms with E-state index in [4.69, 9.17) is 6.58 Å². The van der Waals surface area contributed by atoms with Crippen LogP contribution in [0.5, 0.6) is 0 Å². The average molecular weight is 967 g/mol. The van der Waals surface area contributed by atoms with Gasteiger partial charge in [0.2, 0.25) is 0 Å². The highest BCUT2D eigenvalue weighted by molar-refractivity contribution is 6.19. The first-order valence-electron chi connectivity index (χ1n) is 27.3. The number of rotatable bonds is 14. The summed E-state index contributed by atoms with van der Waals surface area (Å²) in [6.07, 6.45) is 29.7. The lowest BCUT2D eigenvalue weighted by molar-refractivity contribution is 0.470. The molecule has 0 radical (unpaired) electrons. The third-order valence-corrected chi connectivity index (χ3v) is 15.6. The van der Waals surface area contributed by atoms with Gasteiger partial charge in [0.25, 0.3) is 0 Å². The van der Waals surface area contributed by atoms with Crippen molar-refractivity contribution in [2.24, 2.45) is 11.8 Å². The fraction of sp³-hybridized carbons (Fsp3) is 0.147. The molecule has 9 aromatic carbocycles. The summed E-state index contributed by atoms with van der Waals surface area (Å²) in [6.45, 7) is 11.5. The van der Waals surface area contributed by atoms with Crippen LogP contribution in [0, 0.1) is 11.8 Å². The van der Waals surface area contributed by atoms with Crippen LogP contribution in [0.15, 0.2) is 272 Å². The standard InChI is InChI=1S/C75H66/c1-5-8-21-55(7-3)72(59-24-10-9-11-25-59)50-54-34-38-61(39-35-54)74-68-28-16-18-30-70(68)75(71-31-19-17-29-69(71)74)62-43-40-58(41-44-62)65-46-47-67(52(4)48-65)73(66-45-42-57-23-13-15-27-64(57)51-66)60(20-6-2)37-33-53-32-36-56-22-12-14-26-63(56)49-53/h7-32,34-36,38-40,42-47,49-51,58,65H,4-6,33,37,41,48H2,1-3H3/b21-8-,55-7+,60-20+,72-50-,73-67+. The lowest BCUT2D eigenvalue weighted by atomic mass is 9.74. The first-order chi connectivity index (χ1) is 37.0. The number of hydrogen-bond acceptors (Lipinski definition) is 0. The van der Waals surface area contributed by atoms with Gasteiger partial charge in [-0.05, 0) is 190 Å². The minimum atomic E-state index is 0.360. The number of hydrogen-bond donors (Lipinski definition) is 0. The fourth-order valence-corrected chi connectivity index (χ4v) is 11.8. The zero-order chi connectivity index (χ0) is 51.1. The summed E-state index contributed by atoms with van der Waals surface area (Å²) in [7, 11) is 0. The summed E-state index contributed by atoms with van der Waals surface area (Å²) in [4.78, 5) is 0. The largest absolute Gasteiger partial charge is 0.0952 e. The molecule has 2 aliphatic rings. The van der Waals surface area contributed by atoms with Gasteiger partial charge in [0.05, 0.1) is 0 Å². The highest BCUT2D eigenvalue weighted by Gasteiger charge is 2.27. The monoisotopic (exact) mass is 967 g/mol. The van der Waals surface area contributed by atoms with Crippen molar-refractivity contribution in [1.82, 2.24) is 0 Å². The number of fused-ring (bicyclic) bond motifs is 4. The van der Waals surface area contributed by atoms with Gasteiger partial charge in [-0.3, -0.25) is 0 Å². The van der Waals surface area contributed by atoms with Crippen LogP contribution in [-0.4, -0.2) is 0 Å². The zero-order valence-corrected chi connectivity index (χ0v) is 43.8. The molecule has 366 valence electrons. The van der Waals surface area contributed by atoms with Crippen LogP contribution in [0.1, 0.15) is 80.7 Å². The molecule has 0 aliphatic heterocycles. The first kappa shape index (κ1) is 48.9. The molecule has 0 heterocycles. The second-order valence-electron chi connectivity index (χ2n) is 20.4. The van der Waals surface area contributed by atoms with E-state index < -0.39 is 0 Å². The Bertz CT molecular complexity index is 3800. The highest BCUT2D eigenvalue weighted by Crippen LogP contribution is 2.46. The van der Waals surface area contributed by atoms with Gasteiger partial charge in [-0.15, -0.1) is 0 Å². The Morgan fingerprint density at radius 3 is 1.81 bits per heavy atom. The Balaban J connectivity index is 0.898. The van der Waals surface area contributed by atoms with Crippen LogP contribution in [-0.2, 0) is 6.42 Å². The van der Waals surface area contributed by atoms with E-state index in [0.717, 1.165) is 38.5 Å². The third-order valence-electron chi connectivity index (χ3n) is 15.6. The summed E-state index contributed by atoms with van der Waals surface area (Å²) in [5.74, 6) is 0.739. The molecule has 2 unspecified atom stereocenters. The molecule has 2 atom stereocenters. The maximum atomic E-state index is 4.87. The molecule has 11 rings (SSSR count). The number of aryl methyl sites for hydroxylation is 1. The quantitative estimate of drug-likeness (QED) is 0.0579. The molecular weight excluding hydrogens is 901 g/mol. The third kappa shape index (κ3) is 10.3. The topological polar surface area (TPSA) is 0 Å². The Hall–Kier alpha value is -8.32. The Labute approximate surface area is 445 Å². The van der Waals surface area contributed by atoms with Crippen molar-refractivity contribution in [2.75, 3.05) is 0 Å². The summed E-state index contributed by atoms with van der Waals surface area (Å²) in [5, 5.41) is 10.2. The van der Waals surface area contributed by atoms with Gasteiger partial charge in [0.15, 0.2) is 0 Å². The minimum Gasteiger partial charge on any atom is -0.0952 e. The Morgan fingerprint density at radius 2 is 1.19 bits per heavy atom. The molecule has 75 heavy (non-hydrogen) atoms. The normalized spacial score (nSPS) is 17.2. The maximum Gasteiger partial charge on any atom is -0.00264 e. The summed E-state index contributed by atoms with van der Waals surface area (Å²) in [5.41, 5.74) is 17.8. The van der Waals surface area contributed by atoms with Crippen molar-refractivity contribution in [3.63, 3.8) is 0 Å². The molecule has 9 aromatic rings. The van der Waals surface area contributed by atoms with Crippen molar-refractivity contribution < 1.29 is 0 Å². The van der Waals surface area contributed by atoms with Gasteiger partial charge in [0.1, 0.15) is 0 Å². The molecule has 0 N–H and O–H groups in total. The molecule has 0 fully saturated rings. The number of allylic oxidation sites excluding steroid dienone is 16. The Morgan fingerprint density at radius 1 is 0.573 bits per heavy atom. The molecule has 0 spiro atoms. The van der Waals surface area contributed by atoms with Crippen molar-refractivity contribution in [3.05, 3.63) is 299 Å². The van der Waals surface area contributed by atoms with Gasteiger partial charge in [0, 0.05) is 0 Å². The SMILES string of the molecule is C=C1CC(C2C=CC(c3c4ccccc4c(-c4ccc(/C=C(C(/C=C\CC)=C/C)\c5ccccc5)cc4)c4ccccc34)=CC2)C=C/C1=C(/C(=C/CC)CCc1ccc2ccccc2c1)c1ccc2ccccc2c1. The van der Waals surface area contributed by atoms with Crippen molar-refractivity contribution in [2.45, 2.75) is 59.3 Å². The molecule has 0 saturated carbocycles. The van der Waals surface area contributed by atoms with Crippen LogP contribution in [0.2, 0.25) is 0 Å². The van der Waals surface area contributed by atoms with Gasteiger partial charge < -0.3 is 0 Å². The summed E-state index contributed by atoms with van der Waals surface area (Å²) >= 11 is 0. The zero-order valence-electron chi connectivity index (χ0n) is 43.8. The van der Waals surface area contributed by atoms with Crippen LogP contribution < -0.4 is 0 Å². The second kappa shape index (κ2) is 22.4. The van der Waals surface area contributed by atoms with Crippen LogP contribution in [0.4, 0.5) is 0 Å². The van der Waals surface area contributed by atoms with Crippen molar-refractivity contribution in [3.8, 4) is 11.1 Å². The van der Waals surface area contributed by atoms with Crippen LogP contribution in [0.3, 0.4) is 0 Å².